The zero-order valence-electron chi connectivity index (χ0n) is 10.3. The van der Waals surface area contributed by atoms with Crippen LogP contribution < -0.4 is 0 Å². The first-order valence-electron chi connectivity index (χ1n) is 5.85. The van der Waals surface area contributed by atoms with Crippen LogP contribution in [0.4, 0.5) is 0 Å². The smallest absolute Gasteiger partial charge is 0.339 e. The lowest BCUT2D eigenvalue weighted by Gasteiger charge is -2.01. The van der Waals surface area contributed by atoms with Crippen molar-refractivity contribution in [3.05, 3.63) is 53.8 Å². The first-order valence-corrected chi connectivity index (χ1v) is 5.85. The Morgan fingerprint density at radius 3 is 3.00 bits per heavy atom. The van der Waals surface area contributed by atoms with Gasteiger partial charge in [-0.2, -0.15) is 5.26 Å². The highest BCUT2D eigenvalue weighted by atomic mass is 16.4. The van der Waals surface area contributed by atoms with E-state index in [1.54, 1.807) is 35.0 Å². The zero-order chi connectivity index (χ0) is 14.1. The summed E-state index contributed by atoms with van der Waals surface area (Å²) in [6.45, 7) is 0.152. The Bertz CT molecular complexity index is 839. The minimum atomic E-state index is -1.05. The lowest BCUT2D eigenvalue weighted by atomic mass is 10.1. The molecule has 0 fully saturated rings. The molecule has 2 aromatic heterocycles. The summed E-state index contributed by atoms with van der Waals surface area (Å²) in [5.41, 5.74) is 0.636. The predicted molar refractivity (Wildman–Crippen MR) is 69.2 cm³/mol. The van der Waals surface area contributed by atoms with Crippen LogP contribution in [0.1, 0.15) is 21.9 Å². The second kappa shape index (κ2) is 4.55. The summed E-state index contributed by atoms with van der Waals surface area (Å²) in [4.78, 5) is 15.3. The van der Waals surface area contributed by atoms with Crippen LogP contribution in [0.2, 0.25) is 0 Å². The van der Waals surface area contributed by atoms with E-state index in [2.05, 4.69) is 4.98 Å². The standard InChI is InChI=1S/C14H9N3O3/c15-7-12-16-5-6-17(12)8-11-13(14(18)19)9-3-1-2-4-10(9)20-11/h1-6H,8H2,(H,18,19). The molecule has 6 heteroatoms. The van der Waals surface area contributed by atoms with Gasteiger partial charge in [-0.25, -0.2) is 9.78 Å². The zero-order valence-corrected chi connectivity index (χ0v) is 10.3. The number of imidazole rings is 1. The largest absolute Gasteiger partial charge is 0.478 e. The molecule has 3 aromatic rings. The van der Waals surface area contributed by atoms with Crippen LogP contribution in [0.25, 0.3) is 11.0 Å². The molecule has 0 aliphatic heterocycles. The van der Waals surface area contributed by atoms with Crippen LogP contribution in [0.5, 0.6) is 0 Å². The van der Waals surface area contributed by atoms with Crippen molar-refractivity contribution in [3.63, 3.8) is 0 Å². The van der Waals surface area contributed by atoms with Crippen molar-refractivity contribution in [2.24, 2.45) is 0 Å². The van der Waals surface area contributed by atoms with Gasteiger partial charge in [0.25, 0.3) is 0 Å². The minimum absolute atomic E-state index is 0.123. The van der Waals surface area contributed by atoms with Gasteiger partial charge in [0, 0.05) is 17.8 Å². The maximum Gasteiger partial charge on any atom is 0.339 e. The fraction of sp³-hybridized carbons (Fsp3) is 0.0714. The van der Waals surface area contributed by atoms with Gasteiger partial charge in [-0.3, -0.25) is 0 Å². The van der Waals surface area contributed by atoms with Crippen LogP contribution in [-0.4, -0.2) is 20.6 Å². The van der Waals surface area contributed by atoms with E-state index in [1.165, 1.54) is 6.20 Å². The van der Waals surface area contributed by atoms with Crippen molar-refractivity contribution >= 4 is 16.9 Å². The van der Waals surface area contributed by atoms with Crippen LogP contribution >= 0.6 is 0 Å². The maximum atomic E-state index is 11.4. The van der Waals surface area contributed by atoms with Crippen LogP contribution in [0.15, 0.2) is 41.1 Å². The van der Waals surface area contributed by atoms with Gasteiger partial charge < -0.3 is 14.1 Å². The Labute approximate surface area is 113 Å². The number of hydrogen-bond acceptors (Lipinski definition) is 4. The fourth-order valence-corrected chi connectivity index (χ4v) is 2.15. The van der Waals surface area contributed by atoms with Gasteiger partial charge in [-0.05, 0) is 6.07 Å². The van der Waals surface area contributed by atoms with E-state index in [4.69, 9.17) is 9.68 Å². The molecule has 20 heavy (non-hydrogen) atoms. The highest BCUT2D eigenvalue weighted by molar-refractivity contribution is 6.03. The summed E-state index contributed by atoms with van der Waals surface area (Å²) in [6.07, 6.45) is 3.10. The van der Waals surface area contributed by atoms with Crippen LogP contribution in [0.3, 0.4) is 0 Å². The summed E-state index contributed by atoms with van der Waals surface area (Å²) < 4.78 is 7.14. The van der Waals surface area contributed by atoms with E-state index in [-0.39, 0.29) is 17.9 Å². The Balaban J connectivity index is 2.14. The van der Waals surface area contributed by atoms with Gasteiger partial charge in [0.2, 0.25) is 5.82 Å². The Kier molecular flexibility index (Phi) is 2.73. The highest BCUT2D eigenvalue weighted by Gasteiger charge is 2.20. The molecule has 0 atom stereocenters. The molecule has 0 aliphatic carbocycles. The van der Waals surface area contributed by atoms with Gasteiger partial charge in [0.1, 0.15) is 23.0 Å². The minimum Gasteiger partial charge on any atom is -0.478 e. The van der Waals surface area contributed by atoms with Crippen molar-refractivity contribution < 1.29 is 14.3 Å². The summed E-state index contributed by atoms with van der Waals surface area (Å²) in [7, 11) is 0. The lowest BCUT2D eigenvalue weighted by molar-refractivity contribution is 0.0696. The molecule has 98 valence electrons. The Hall–Kier alpha value is -3.07. The first kappa shape index (κ1) is 12.0. The third kappa shape index (κ3) is 1.82. The number of rotatable bonds is 3. The van der Waals surface area contributed by atoms with Crippen molar-refractivity contribution in [1.29, 1.82) is 5.26 Å². The normalized spacial score (nSPS) is 10.6. The number of aromatic carboxylic acids is 1. The van der Waals surface area contributed by atoms with E-state index >= 15 is 0 Å². The maximum absolute atomic E-state index is 11.4. The lowest BCUT2D eigenvalue weighted by Crippen LogP contribution is -2.06. The van der Waals surface area contributed by atoms with E-state index < -0.39 is 5.97 Å². The van der Waals surface area contributed by atoms with Crippen LogP contribution in [-0.2, 0) is 6.54 Å². The van der Waals surface area contributed by atoms with Crippen molar-refractivity contribution in [1.82, 2.24) is 9.55 Å². The number of fused-ring (bicyclic) bond motifs is 1. The number of carbonyl (C=O) groups is 1. The van der Waals surface area contributed by atoms with Crippen molar-refractivity contribution in [2.45, 2.75) is 6.54 Å². The van der Waals surface area contributed by atoms with E-state index in [0.29, 0.717) is 16.7 Å². The highest BCUT2D eigenvalue weighted by Crippen LogP contribution is 2.26. The summed E-state index contributed by atoms with van der Waals surface area (Å²) >= 11 is 0. The second-order valence-corrected chi connectivity index (χ2v) is 4.19. The number of nitriles is 1. The molecule has 0 bridgehead atoms. The average Bonchev–Trinajstić information content (AvgIpc) is 3.02. The molecular formula is C14H9N3O3. The molecule has 6 nitrogen and oxygen atoms in total. The number of nitrogens with zero attached hydrogens (tertiary/aromatic N) is 3. The van der Waals surface area contributed by atoms with Gasteiger partial charge in [0.05, 0.1) is 6.54 Å². The topological polar surface area (TPSA) is 92.0 Å². The Morgan fingerprint density at radius 1 is 1.45 bits per heavy atom. The molecule has 0 saturated heterocycles. The number of hydrogen-bond donors (Lipinski definition) is 1. The number of carboxylic acid groups (broad SMARTS) is 1. The molecule has 2 heterocycles. The quantitative estimate of drug-likeness (QED) is 0.785. The predicted octanol–water partition coefficient (Wildman–Crippen LogP) is 2.25. The van der Waals surface area contributed by atoms with Gasteiger partial charge in [0.15, 0.2) is 0 Å². The number of para-hydroxylation sites is 1. The molecule has 3 rings (SSSR count). The Morgan fingerprint density at radius 2 is 2.25 bits per heavy atom. The molecular weight excluding hydrogens is 258 g/mol. The fourth-order valence-electron chi connectivity index (χ4n) is 2.15. The SMILES string of the molecule is N#Cc1nccn1Cc1oc2ccccc2c1C(=O)O. The second-order valence-electron chi connectivity index (χ2n) is 4.19. The molecule has 0 aliphatic rings. The summed E-state index contributed by atoms with van der Waals surface area (Å²) in [5.74, 6) is -0.543. The molecule has 1 aromatic carbocycles. The summed E-state index contributed by atoms with van der Waals surface area (Å²) in [6, 6.07) is 8.89. The third-order valence-corrected chi connectivity index (χ3v) is 3.01. The summed E-state index contributed by atoms with van der Waals surface area (Å²) in [5, 5.41) is 18.8. The third-order valence-electron chi connectivity index (χ3n) is 3.01. The number of benzene rings is 1. The van der Waals surface area contributed by atoms with Gasteiger partial charge >= 0.3 is 5.97 Å². The monoisotopic (exact) mass is 267 g/mol. The molecule has 0 saturated carbocycles. The van der Waals surface area contributed by atoms with Gasteiger partial charge in [-0.15, -0.1) is 0 Å². The van der Waals surface area contributed by atoms with E-state index in [0.717, 1.165) is 0 Å². The molecule has 0 amide bonds. The molecule has 0 spiro atoms. The number of carboxylic acids is 1. The average molecular weight is 267 g/mol. The van der Waals surface area contributed by atoms with Crippen molar-refractivity contribution in [2.75, 3.05) is 0 Å². The van der Waals surface area contributed by atoms with Gasteiger partial charge in [-0.1, -0.05) is 18.2 Å². The van der Waals surface area contributed by atoms with E-state index in [1.807, 2.05) is 6.07 Å². The molecule has 1 N–H and O–H groups in total. The molecule has 0 unspecified atom stereocenters. The van der Waals surface area contributed by atoms with Crippen LogP contribution in [0, 0.1) is 11.3 Å². The van der Waals surface area contributed by atoms with Crippen molar-refractivity contribution in [3.8, 4) is 6.07 Å². The van der Waals surface area contributed by atoms with E-state index in [9.17, 15) is 9.90 Å². The number of aromatic nitrogens is 2. The molecule has 0 radical (unpaired) electrons. The first-order chi connectivity index (χ1) is 9.70. The number of furan rings is 1.